The van der Waals surface area contributed by atoms with Gasteiger partial charge in [0.2, 0.25) is 11.8 Å². The first-order valence-electron chi connectivity index (χ1n) is 5.89. The maximum absolute atomic E-state index is 11.8. The highest BCUT2D eigenvalue weighted by molar-refractivity contribution is 6.03. The van der Waals surface area contributed by atoms with E-state index >= 15 is 0 Å². The Balaban J connectivity index is 2.94. The van der Waals surface area contributed by atoms with Gasteiger partial charge in [0.25, 0.3) is 0 Å². The third-order valence-electron chi connectivity index (χ3n) is 2.60. The number of nitrogens with two attached hydrogens (primary N) is 2. The van der Waals surface area contributed by atoms with Gasteiger partial charge >= 0.3 is 5.97 Å². The van der Waals surface area contributed by atoms with Crippen LogP contribution in [0.15, 0.2) is 18.2 Å². The number of ether oxygens (including phenoxy) is 1. The number of amides is 2. The molecule has 0 aliphatic heterocycles. The molecule has 0 bridgehead atoms. The second-order valence-corrected chi connectivity index (χ2v) is 4.31. The van der Waals surface area contributed by atoms with Gasteiger partial charge in [0.15, 0.2) is 0 Å². The highest BCUT2D eigenvalue weighted by Crippen LogP contribution is 2.18. The van der Waals surface area contributed by atoms with Crippen LogP contribution >= 0.6 is 0 Å². The number of primary amides is 1. The maximum atomic E-state index is 11.8. The molecule has 0 fully saturated rings. The van der Waals surface area contributed by atoms with Crippen molar-refractivity contribution < 1.29 is 19.1 Å². The summed E-state index contributed by atoms with van der Waals surface area (Å²) in [6.07, 6.45) is -0.273. The SMILES string of the molecule is COC(=O)c1cc(C)ccc1NC(=O)C(N)CC(N)=O. The number of anilines is 1. The molecule has 1 atom stereocenters. The molecule has 0 spiro atoms. The largest absolute Gasteiger partial charge is 0.465 e. The molecule has 0 heterocycles. The van der Waals surface area contributed by atoms with E-state index in [0.717, 1.165) is 5.56 Å². The molecule has 20 heavy (non-hydrogen) atoms. The second-order valence-electron chi connectivity index (χ2n) is 4.31. The first kappa shape index (κ1) is 15.6. The van der Waals surface area contributed by atoms with Crippen molar-refractivity contribution >= 4 is 23.5 Å². The smallest absolute Gasteiger partial charge is 0.339 e. The highest BCUT2D eigenvalue weighted by atomic mass is 16.5. The molecule has 1 rings (SSSR count). The lowest BCUT2D eigenvalue weighted by Gasteiger charge is -2.13. The lowest BCUT2D eigenvalue weighted by Crippen LogP contribution is -2.39. The summed E-state index contributed by atoms with van der Waals surface area (Å²) in [5.74, 6) is -1.85. The summed E-state index contributed by atoms with van der Waals surface area (Å²) in [7, 11) is 1.25. The van der Waals surface area contributed by atoms with E-state index in [9.17, 15) is 14.4 Å². The summed E-state index contributed by atoms with van der Waals surface area (Å²) < 4.78 is 4.64. The average molecular weight is 279 g/mol. The number of nitrogens with one attached hydrogen (secondary N) is 1. The van der Waals surface area contributed by atoms with Crippen LogP contribution < -0.4 is 16.8 Å². The fourth-order valence-electron chi connectivity index (χ4n) is 1.58. The van der Waals surface area contributed by atoms with Gasteiger partial charge in [-0.1, -0.05) is 11.6 Å². The van der Waals surface area contributed by atoms with Crippen LogP contribution in [0, 0.1) is 6.92 Å². The van der Waals surface area contributed by atoms with E-state index in [-0.39, 0.29) is 17.7 Å². The summed E-state index contributed by atoms with van der Waals surface area (Å²) in [6.45, 7) is 1.80. The monoisotopic (exact) mass is 279 g/mol. The first-order chi connectivity index (χ1) is 9.35. The number of hydrogen-bond acceptors (Lipinski definition) is 5. The van der Waals surface area contributed by atoms with Crippen molar-refractivity contribution in [3.63, 3.8) is 0 Å². The van der Waals surface area contributed by atoms with Crippen LogP contribution in [-0.4, -0.2) is 30.9 Å². The number of aryl methyl sites for hydroxylation is 1. The molecule has 108 valence electrons. The summed E-state index contributed by atoms with van der Waals surface area (Å²) in [6, 6.07) is 3.80. The van der Waals surface area contributed by atoms with Crippen molar-refractivity contribution in [2.24, 2.45) is 11.5 Å². The molecular weight excluding hydrogens is 262 g/mol. The molecule has 7 heteroatoms. The van der Waals surface area contributed by atoms with Crippen LogP contribution in [0.2, 0.25) is 0 Å². The number of carbonyl (C=O) groups excluding carboxylic acids is 3. The molecule has 1 aromatic carbocycles. The standard InChI is InChI=1S/C13H17N3O4/c1-7-3-4-10(8(5-7)13(19)20-2)16-12(18)9(14)6-11(15)17/h3-5,9H,6,14H2,1-2H3,(H2,15,17)(H,16,18). The van der Waals surface area contributed by atoms with E-state index in [1.165, 1.54) is 7.11 Å². The lowest BCUT2D eigenvalue weighted by molar-refractivity contribution is -0.123. The van der Waals surface area contributed by atoms with Crippen LogP contribution in [0.3, 0.4) is 0 Å². The Morgan fingerprint density at radius 3 is 2.55 bits per heavy atom. The number of benzene rings is 1. The molecule has 0 radical (unpaired) electrons. The molecule has 0 aliphatic carbocycles. The highest BCUT2D eigenvalue weighted by Gasteiger charge is 2.19. The summed E-state index contributed by atoms with van der Waals surface area (Å²) >= 11 is 0. The van der Waals surface area contributed by atoms with E-state index in [1.807, 2.05) is 0 Å². The Kier molecular flexibility index (Phi) is 5.22. The van der Waals surface area contributed by atoms with Gasteiger partial charge in [0.1, 0.15) is 0 Å². The molecule has 0 aromatic heterocycles. The van der Waals surface area contributed by atoms with Crippen LogP contribution in [0.25, 0.3) is 0 Å². The zero-order valence-electron chi connectivity index (χ0n) is 11.3. The molecule has 1 unspecified atom stereocenters. The van der Waals surface area contributed by atoms with E-state index in [1.54, 1.807) is 25.1 Å². The van der Waals surface area contributed by atoms with Crippen molar-refractivity contribution in [3.8, 4) is 0 Å². The Morgan fingerprint density at radius 1 is 1.35 bits per heavy atom. The topological polar surface area (TPSA) is 125 Å². The number of esters is 1. The summed E-state index contributed by atoms with van der Waals surface area (Å²) in [5.41, 5.74) is 11.8. The minimum absolute atomic E-state index is 0.215. The molecule has 0 aliphatic rings. The second kappa shape index (κ2) is 6.67. The van der Waals surface area contributed by atoms with Gasteiger partial charge in [0, 0.05) is 0 Å². The Morgan fingerprint density at radius 2 is 2.00 bits per heavy atom. The van der Waals surface area contributed by atoms with Crippen molar-refractivity contribution in [3.05, 3.63) is 29.3 Å². The fourth-order valence-corrected chi connectivity index (χ4v) is 1.58. The lowest BCUT2D eigenvalue weighted by atomic mass is 10.1. The minimum Gasteiger partial charge on any atom is -0.465 e. The van der Waals surface area contributed by atoms with Gasteiger partial charge in [-0.2, -0.15) is 0 Å². The molecule has 0 saturated heterocycles. The number of rotatable bonds is 5. The van der Waals surface area contributed by atoms with Gasteiger partial charge in [-0.15, -0.1) is 0 Å². The molecule has 0 saturated carbocycles. The number of hydrogen-bond donors (Lipinski definition) is 3. The quantitative estimate of drug-likeness (QED) is 0.650. The Labute approximate surface area is 116 Å². The van der Waals surface area contributed by atoms with Crippen LogP contribution in [0.5, 0.6) is 0 Å². The Bertz CT molecular complexity index is 542. The van der Waals surface area contributed by atoms with Crippen molar-refractivity contribution in [1.82, 2.24) is 0 Å². The molecule has 7 nitrogen and oxygen atoms in total. The number of methoxy groups -OCH3 is 1. The molecule has 2 amide bonds. The fraction of sp³-hybridized carbons (Fsp3) is 0.308. The maximum Gasteiger partial charge on any atom is 0.339 e. The van der Waals surface area contributed by atoms with E-state index < -0.39 is 23.8 Å². The van der Waals surface area contributed by atoms with Gasteiger partial charge in [0.05, 0.1) is 30.8 Å². The van der Waals surface area contributed by atoms with Gasteiger partial charge in [-0.3, -0.25) is 9.59 Å². The summed E-state index contributed by atoms with van der Waals surface area (Å²) in [5, 5.41) is 2.49. The predicted molar refractivity (Wildman–Crippen MR) is 72.9 cm³/mol. The van der Waals surface area contributed by atoms with E-state index in [2.05, 4.69) is 10.1 Å². The molecular formula is C13H17N3O4. The predicted octanol–water partition coefficient (Wildman–Crippen LogP) is -0.0772. The van der Waals surface area contributed by atoms with Crippen molar-refractivity contribution in [2.45, 2.75) is 19.4 Å². The van der Waals surface area contributed by atoms with Gasteiger partial charge in [-0.25, -0.2) is 4.79 Å². The first-order valence-corrected chi connectivity index (χ1v) is 5.89. The summed E-state index contributed by atoms with van der Waals surface area (Å²) in [4.78, 5) is 34.2. The van der Waals surface area contributed by atoms with E-state index in [0.29, 0.717) is 0 Å². The number of carbonyl (C=O) groups is 3. The van der Waals surface area contributed by atoms with E-state index in [4.69, 9.17) is 11.5 Å². The van der Waals surface area contributed by atoms with Crippen molar-refractivity contribution in [2.75, 3.05) is 12.4 Å². The third-order valence-corrected chi connectivity index (χ3v) is 2.60. The zero-order chi connectivity index (χ0) is 15.3. The average Bonchev–Trinajstić information content (AvgIpc) is 2.38. The van der Waals surface area contributed by atoms with Crippen LogP contribution in [-0.2, 0) is 14.3 Å². The molecule has 1 aromatic rings. The van der Waals surface area contributed by atoms with Crippen LogP contribution in [0.4, 0.5) is 5.69 Å². The van der Waals surface area contributed by atoms with Gasteiger partial charge in [-0.05, 0) is 19.1 Å². The van der Waals surface area contributed by atoms with Gasteiger partial charge < -0.3 is 21.5 Å². The van der Waals surface area contributed by atoms with Crippen LogP contribution in [0.1, 0.15) is 22.3 Å². The molecule has 5 N–H and O–H groups in total. The Hall–Kier alpha value is -2.41. The normalized spacial score (nSPS) is 11.6. The van der Waals surface area contributed by atoms with Crippen molar-refractivity contribution in [1.29, 1.82) is 0 Å². The third kappa shape index (κ3) is 4.06. The minimum atomic E-state index is -1.07. The zero-order valence-corrected chi connectivity index (χ0v) is 11.3.